The summed E-state index contributed by atoms with van der Waals surface area (Å²) < 4.78 is 11.2. The molecular formula is C20H27N3O3. The Labute approximate surface area is 154 Å². The van der Waals surface area contributed by atoms with Gasteiger partial charge in [0, 0.05) is 24.9 Å². The summed E-state index contributed by atoms with van der Waals surface area (Å²) in [6.45, 7) is 8.16. The van der Waals surface area contributed by atoms with Crippen LogP contribution in [0.2, 0.25) is 0 Å². The summed E-state index contributed by atoms with van der Waals surface area (Å²) in [5.41, 5.74) is 1.01. The number of nitrogens with zero attached hydrogens (tertiary/aromatic N) is 3. The summed E-state index contributed by atoms with van der Waals surface area (Å²) >= 11 is 0. The molecule has 1 aliphatic rings. The summed E-state index contributed by atoms with van der Waals surface area (Å²) in [4.78, 5) is 14.5. The lowest BCUT2D eigenvalue weighted by atomic mass is 9.96. The Hall–Kier alpha value is -2.37. The molecule has 1 aromatic heterocycles. The average Bonchev–Trinajstić information content (AvgIpc) is 3.14. The molecule has 0 bridgehead atoms. The van der Waals surface area contributed by atoms with E-state index in [1.165, 1.54) is 0 Å². The Kier molecular flexibility index (Phi) is 5.91. The SMILES string of the molecule is CCOc1ccc(CC(=O)N2CCC(c3nnc(C(C)C)o3)CC2)cc1. The molecule has 6 heteroatoms. The Morgan fingerprint density at radius 2 is 1.92 bits per heavy atom. The van der Waals surface area contributed by atoms with E-state index in [1.54, 1.807) is 0 Å². The van der Waals surface area contributed by atoms with Gasteiger partial charge in [0.1, 0.15) is 5.75 Å². The summed E-state index contributed by atoms with van der Waals surface area (Å²) in [6, 6.07) is 7.75. The Bertz CT molecular complexity index is 716. The molecule has 1 aromatic carbocycles. The zero-order valence-electron chi connectivity index (χ0n) is 15.8. The average molecular weight is 357 g/mol. The van der Waals surface area contributed by atoms with Crippen LogP contribution in [0.1, 0.15) is 62.8 Å². The monoisotopic (exact) mass is 357 g/mol. The molecule has 140 valence electrons. The van der Waals surface area contributed by atoms with Gasteiger partial charge in [-0.05, 0) is 37.5 Å². The number of amides is 1. The maximum atomic E-state index is 12.6. The molecule has 0 aliphatic carbocycles. The fraction of sp³-hybridized carbons (Fsp3) is 0.550. The number of hydrogen-bond acceptors (Lipinski definition) is 5. The smallest absolute Gasteiger partial charge is 0.226 e. The second-order valence-corrected chi connectivity index (χ2v) is 7.04. The van der Waals surface area contributed by atoms with E-state index in [2.05, 4.69) is 10.2 Å². The minimum Gasteiger partial charge on any atom is -0.494 e. The predicted octanol–water partition coefficient (Wildman–Crippen LogP) is 3.54. The number of likely N-dealkylation sites (tertiary alicyclic amines) is 1. The lowest BCUT2D eigenvalue weighted by molar-refractivity contribution is -0.131. The number of rotatable bonds is 6. The normalized spacial score (nSPS) is 15.5. The van der Waals surface area contributed by atoms with Crippen molar-refractivity contribution in [1.29, 1.82) is 0 Å². The van der Waals surface area contributed by atoms with Crippen molar-refractivity contribution in [2.24, 2.45) is 0 Å². The quantitative estimate of drug-likeness (QED) is 0.791. The van der Waals surface area contributed by atoms with Crippen molar-refractivity contribution in [2.45, 2.75) is 51.9 Å². The van der Waals surface area contributed by atoms with Crippen LogP contribution in [-0.4, -0.2) is 40.7 Å². The summed E-state index contributed by atoms with van der Waals surface area (Å²) in [6.07, 6.45) is 2.17. The summed E-state index contributed by atoms with van der Waals surface area (Å²) in [7, 11) is 0. The molecule has 6 nitrogen and oxygen atoms in total. The molecule has 3 rings (SSSR count). The zero-order valence-corrected chi connectivity index (χ0v) is 15.8. The zero-order chi connectivity index (χ0) is 18.5. The molecule has 0 unspecified atom stereocenters. The third-order valence-electron chi connectivity index (χ3n) is 4.74. The third-order valence-corrected chi connectivity index (χ3v) is 4.74. The number of ether oxygens (including phenoxy) is 1. The van der Waals surface area contributed by atoms with Gasteiger partial charge in [0.2, 0.25) is 17.7 Å². The number of aromatic nitrogens is 2. The number of benzene rings is 1. The van der Waals surface area contributed by atoms with E-state index in [-0.39, 0.29) is 17.7 Å². The largest absolute Gasteiger partial charge is 0.494 e. The van der Waals surface area contributed by atoms with Gasteiger partial charge in [-0.25, -0.2) is 0 Å². The van der Waals surface area contributed by atoms with Crippen molar-refractivity contribution in [2.75, 3.05) is 19.7 Å². The molecule has 0 atom stereocenters. The van der Waals surface area contributed by atoms with Crippen molar-refractivity contribution in [3.05, 3.63) is 41.6 Å². The van der Waals surface area contributed by atoms with Gasteiger partial charge in [-0.1, -0.05) is 26.0 Å². The first-order valence-corrected chi connectivity index (χ1v) is 9.39. The van der Waals surface area contributed by atoms with Crippen LogP contribution >= 0.6 is 0 Å². The maximum Gasteiger partial charge on any atom is 0.226 e. The van der Waals surface area contributed by atoms with Crippen molar-refractivity contribution in [3.63, 3.8) is 0 Å². The van der Waals surface area contributed by atoms with Crippen LogP contribution in [0.4, 0.5) is 0 Å². The van der Waals surface area contributed by atoms with E-state index in [0.717, 1.165) is 37.2 Å². The van der Waals surface area contributed by atoms with Crippen LogP contribution in [0.3, 0.4) is 0 Å². The molecule has 26 heavy (non-hydrogen) atoms. The number of carbonyl (C=O) groups is 1. The van der Waals surface area contributed by atoms with Gasteiger partial charge in [-0.2, -0.15) is 0 Å². The summed E-state index contributed by atoms with van der Waals surface area (Å²) in [5.74, 6) is 2.91. The molecule has 0 N–H and O–H groups in total. The predicted molar refractivity (Wildman–Crippen MR) is 98.3 cm³/mol. The van der Waals surface area contributed by atoms with E-state index in [0.29, 0.717) is 24.8 Å². The van der Waals surface area contributed by atoms with Crippen LogP contribution in [0.15, 0.2) is 28.7 Å². The van der Waals surface area contributed by atoms with Crippen molar-refractivity contribution in [1.82, 2.24) is 15.1 Å². The highest BCUT2D eigenvalue weighted by molar-refractivity contribution is 5.78. The molecule has 0 saturated carbocycles. The molecule has 2 heterocycles. The third kappa shape index (κ3) is 4.42. The van der Waals surface area contributed by atoms with Crippen molar-refractivity contribution >= 4 is 5.91 Å². The fourth-order valence-corrected chi connectivity index (χ4v) is 3.18. The lowest BCUT2D eigenvalue weighted by Crippen LogP contribution is -2.38. The fourth-order valence-electron chi connectivity index (χ4n) is 3.18. The van der Waals surface area contributed by atoms with Gasteiger partial charge in [0.25, 0.3) is 0 Å². The molecule has 1 saturated heterocycles. The van der Waals surface area contributed by atoms with Crippen LogP contribution in [0.5, 0.6) is 5.75 Å². The van der Waals surface area contributed by atoms with Crippen LogP contribution in [0.25, 0.3) is 0 Å². The van der Waals surface area contributed by atoms with Gasteiger partial charge < -0.3 is 14.1 Å². The molecular weight excluding hydrogens is 330 g/mol. The minimum absolute atomic E-state index is 0.168. The van der Waals surface area contributed by atoms with Crippen LogP contribution < -0.4 is 4.74 Å². The Morgan fingerprint density at radius 1 is 1.23 bits per heavy atom. The Morgan fingerprint density at radius 3 is 2.50 bits per heavy atom. The van der Waals surface area contributed by atoms with Gasteiger partial charge in [-0.15, -0.1) is 10.2 Å². The second kappa shape index (κ2) is 8.34. The minimum atomic E-state index is 0.168. The van der Waals surface area contributed by atoms with Crippen LogP contribution in [0, 0.1) is 0 Å². The molecule has 0 spiro atoms. The number of hydrogen-bond donors (Lipinski definition) is 0. The van der Waals surface area contributed by atoms with Gasteiger partial charge in [-0.3, -0.25) is 4.79 Å². The first kappa shape index (κ1) is 18.4. The maximum absolute atomic E-state index is 12.6. The molecule has 1 amide bonds. The number of piperidine rings is 1. The second-order valence-electron chi connectivity index (χ2n) is 7.04. The first-order valence-electron chi connectivity index (χ1n) is 9.39. The highest BCUT2D eigenvalue weighted by atomic mass is 16.5. The van der Waals surface area contributed by atoms with Crippen molar-refractivity contribution < 1.29 is 13.9 Å². The molecule has 1 aliphatic heterocycles. The van der Waals surface area contributed by atoms with E-state index >= 15 is 0 Å². The van der Waals surface area contributed by atoms with E-state index < -0.39 is 0 Å². The number of carbonyl (C=O) groups excluding carboxylic acids is 1. The van der Waals surface area contributed by atoms with E-state index in [1.807, 2.05) is 49.9 Å². The first-order chi connectivity index (χ1) is 12.6. The summed E-state index contributed by atoms with van der Waals surface area (Å²) in [5, 5.41) is 8.30. The Balaban J connectivity index is 1.51. The lowest BCUT2D eigenvalue weighted by Gasteiger charge is -2.30. The topological polar surface area (TPSA) is 68.5 Å². The molecule has 0 radical (unpaired) electrons. The van der Waals surface area contributed by atoms with Crippen molar-refractivity contribution in [3.8, 4) is 5.75 Å². The van der Waals surface area contributed by atoms with E-state index in [9.17, 15) is 4.79 Å². The standard InChI is InChI=1S/C20H27N3O3/c1-4-25-17-7-5-15(6-8-17)13-18(24)23-11-9-16(10-12-23)20-22-21-19(26-20)14(2)3/h5-8,14,16H,4,9-13H2,1-3H3. The highest BCUT2D eigenvalue weighted by Gasteiger charge is 2.27. The van der Waals surface area contributed by atoms with Gasteiger partial charge in [0.15, 0.2) is 0 Å². The van der Waals surface area contributed by atoms with Crippen LogP contribution in [-0.2, 0) is 11.2 Å². The molecule has 1 fully saturated rings. The van der Waals surface area contributed by atoms with Gasteiger partial charge >= 0.3 is 0 Å². The molecule has 2 aromatic rings. The van der Waals surface area contributed by atoms with Gasteiger partial charge in [0.05, 0.1) is 13.0 Å². The van der Waals surface area contributed by atoms with E-state index in [4.69, 9.17) is 9.15 Å². The highest BCUT2D eigenvalue weighted by Crippen LogP contribution is 2.28.